The fraction of sp³-hybridized carbons (Fsp3) is 0.435. The van der Waals surface area contributed by atoms with E-state index in [0.717, 1.165) is 69.5 Å². The van der Waals surface area contributed by atoms with Crippen LogP contribution in [0.25, 0.3) is 0 Å². The van der Waals surface area contributed by atoms with Crippen LogP contribution in [-0.2, 0) is 13.0 Å². The second-order valence-electron chi connectivity index (χ2n) is 8.01. The molecule has 6 heteroatoms. The van der Waals surface area contributed by atoms with E-state index in [2.05, 4.69) is 27.7 Å². The molecule has 0 bridgehead atoms. The maximum Gasteiger partial charge on any atom is 0.251 e. The molecule has 2 aromatic carbocycles. The SMILES string of the molecule is O=C(NCC1CCNCC1)c1ccc2c(c1)CCCN2Cc1ccc(Cl)cc1Cl. The average Bonchev–Trinajstić information content (AvgIpc) is 2.74. The highest BCUT2D eigenvalue weighted by Gasteiger charge is 2.20. The second-order valence-corrected chi connectivity index (χ2v) is 8.85. The van der Waals surface area contributed by atoms with Crippen LogP contribution in [0.15, 0.2) is 36.4 Å². The van der Waals surface area contributed by atoms with Gasteiger partial charge in [0.15, 0.2) is 0 Å². The Morgan fingerprint density at radius 2 is 1.97 bits per heavy atom. The molecule has 2 aliphatic heterocycles. The van der Waals surface area contributed by atoms with E-state index in [0.29, 0.717) is 16.0 Å². The number of benzene rings is 2. The number of halogens is 2. The van der Waals surface area contributed by atoms with Gasteiger partial charge < -0.3 is 15.5 Å². The van der Waals surface area contributed by atoms with E-state index in [1.165, 1.54) is 11.3 Å². The quantitative estimate of drug-likeness (QED) is 0.722. The number of piperidine rings is 1. The number of fused-ring (bicyclic) bond motifs is 1. The lowest BCUT2D eigenvalue weighted by molar-refractivity contribution is 0.0944. The summed E-state index contributed by atoms with van der Waals surface area (Å²) >= 11 is 12.4. The molecule has 1 saturated heterocycles. The summed E-state index contributed by atoms with van der Waals surface area (Å²) in [5.74, 6) is 0.613. The van der Waals surface area contributed by atoms with E-state index in [-0.39, 0.29) is 5.91 Å². The molecule has 1 fully saturated rings. The Bertz CT molecular complexity index is 880. The molecule has 2 aromatic rings. The molecule has 0 aromatic heterocycles. The van der Waals surface area contributed by atoms with Gasteiger partial charge in [-0.25, -0.2) is 0 Å². The minimum Gasteiger partial charge on any atom is -0.367 e. The molecule has 29 heavy (non-hydrogen) atoms. The minimum absolute atomic E-state index is 0.0317. The summed E-state index contributed by atoms with van der Waals surface area (Å²) in [4.78, 5) is 15.0. The molecule has 1 amide bonds. The summed E-state index contributed by atoms with van der Waals surface area (Å²) in [6, 6.07) is 11.7. The van der Waals surface area contributed by atoms with Gasteiger partial charge in [0.25, 0.3) is 5.91 Å². The normalized spacial score (nSPS) is 17.1. The van der Waals surface area contributed by atoms with Crippen molar-refractivity contribution in [1.82, 2.24) is 10.6 Å². The van der Waals surface area contributed by atoms with Crippen molar-refractivity contribution in [3.63, 3.8) is 0 Å². The van der Waals surface area contributed by atoms with Crippen LogP contribution in [0.5, 0.6) is 0 Å². The first kappa shape index (κ1) is 20.5. The minimum atomic E-state index is 0.0317. The van der Waals surface area contributed by atoms with Crippen LogP contribution >= 0.6 is 23.2 Å². The number of carbonyl (C=O) groups excluding carboxylic acids is 1. The summed E-state index contributed by atoms with van der Waals surface area (Å²) in [7, 11) is 0. The lowest BCUT2D eigenvalue weighted by atomic mass is 9.97. The highest BCUT2D eigenvalue weighted by molar-refractivity contribution is 6.35. The van der Waals surface area contributed by atoms with Crippen molar-refractivity contribution in [2.45, 2.75) is 32.2 Å². The number of hydrogen-bond donors (Lipinski definition) is 2. The lowest BCUT2D eigenvalue weighted by Crippen LogP contribution is -2.36. The molecule has 2 aliphatic rings. The van der Waals surface area contributed by atoms with Gasteiger partial charge in [0.1, 0.15) is 0 Å². The fourth-order valence-corrected chi connectivity index (χ4v) is 4.73. The van der Waals surface area contributed by atoms with Gasteiger partial charge in [-0.15, -0.1) is 0 Å². The van der Waals surface area contributed by atoms with Crippen LogP contribution in [0.1, 0.15) is 40.7 Å². The van der Waals surface area contributed by atoms with Crippen LogP contribution in [0.4, 0.5) is 5.69 Å². The molecular weight excluding hydrogens is 405 g/mol. The molecule has 0 saturated carbocycles. The summed E-state index contributed by atoms with van der Waals surface area (Å²) in [6.07, 6.45) is 4.33. The van der Waals surface area contributed by atoms with E-state index >= 15 is 0 Å². The summed E-state index contributed by atoms with van der Waals surface area (Å²) in [5.41, 5.74) is 4.24. The Kier molecular flexibility index (Phi) is 6.63. The van der Waals surface area contributed by atoms with Gasteiger partial charge in [0, 0.05) is 40.9 Å². The number of rotatable bonds is 5. The standard InChI is InChI=1S/C23H27Cl2N3O/c24-20-5-3-19(21(25)13-20)15-28-11-1-2-17-12-18(4-6-22(17)28)23(29)27-14-16-7-9-26-10-8-16/h3-6,12-13,16,26H,1-2,7-11,14-15H2,(H,27,29). The zero-order valence-corrected chi connectivity index (χ0v) is 18.0. The zero-order chi connectivity index (χ0) is 20.2. The maximum atomic E-state index is 12.7. The fourth-order valence-electron chi connectivity index (χ4n) is 4.26. The van der Waals surface area contributed by atoms with Gasteiger partial charge in [-0.05, 0) is 86.1 Å². The maximum absolute atomic E-state index is 12.7. The molecule has 0 aliphatic carbocycles. The van der Waals surface area contributed by atoms with E-state index in [4.69, 9.17) is 23.2 Å². The van der Waals surface area contributed by atoms with Gasteiger partial charge in [0.2, 0.25) is 0 Å². The van der Waals surface area contributed by atoms with Crippen LogP contribution in [0, 0.1) is 5.92 Å². The molecule has 0 unspecified atom stereocenters. The van der Waals surface area contributed by atoms with E-state index in [9.17, 15) is 4.79 Å². The van der Waals surface area contributed by atoms with Crippen molar-refractivity contribution < 1.29 is 4.79 Å². The molecule has 154 valence electrons. The number of nitrogens with zero attached hydrogens (tertiary/aromatic N) is 1. The predicted octanol–water partition coefficient (Wildman–Crippen LogP) is 4.68. The first-order valence-corrected chi connectivity index (χ1v) is 11.2. The van der Waals surface area contributed by atoms with Crippen LogP contribution in [0.2, 0.25) is 10.0 Å². The predicted molar refractivity (Wildman–Crippen MR) is 120 cm³/mol. The van der Waals surface area contributed by atoms with Gasteiger partial charge in [-0.3, -0.25) is 4.79 Å². The molecule has 0 atom stereocenters. The topological polar surface area (TPSA) is 44.4 Å². The Labute approximate surface area is 182 Å². The number of nitrogens with one attached hydrogen (secondary N) is 2. The summed E-state index contributed by atoms with van der Waals surface area (Å²) in [5, 5.41) is 7.84. The third-order valence-corrected chi connectivity index (χ3v) is 6.53. The number of carbonyl (C=O) groups is 1. The molecule has 0 radical (unpaired) electrons. The molecule has 0 spiro atoms. The van der Waals surface area contributed by atoms with E-state index < -0.39 is 0 Å². The highest BCUT2D eigenvalue weighted by Crippen LogP contribution is 2.31. The third kappa shape index (κ3) is 5.06. The number of hydrogen-bond acceptors (Lipinski definition) is 3. The van der Waals surface area contributed by atoms with Crippen molar-refractivity contribution in [3.8, 4) is 0 Å². The molecule has 4 rings (SSSR count). The summed E-state index contributed by atoms with van der Waals surface area (Å²) < 4.78 is 0. The monoisotopic (exact) mass is 431 g/mol. The van der Waals surface area contributed by atoms with Gasteiger partial charge >= 0.3 is 0 Å². The largest absolute Gasteiger partial charge is 0.367 e. The number of aryl methyl sites for hydroxylation is 1. The Morgan fingerprint density at radius 3 is 2.76 bits per heavy atom. The molecule has 4 nitrogen and oxygen atoms in total. The lowest BCUT2D eigenvalue weighted by Gasteiger charge is -2.32. The molecule has 2 heterocycles. The highest BCUT2D eigenvalue weighted by atomic mass is 35.5. The van der Waals surface area contributed by atoms with Gasteiger partial charge in [0.05, 0.1) is 0 Å². The van der Waals surface area contributed by atoms with Crippen molar-refractivity contribution in [2.75, 3.05) is 31.1 Å². The first-order chi connectivity index (χ1) is 14.1. The Balaban J connectivity index is 1.44. The van der Waals surface area contributed by atoms with Crippen molar-refractivity contribution in [2.24, 2.45) is 5.92 Å². The third-order valence-electron chi connectivity index (χ3n) is 5.94. The first-order valence-electron chi connectivity index (χ1n) is 10.4. The van der Waals surface area contributed by atoms with Gasteiger partial charge in [-0.1, -0.05) is 29.3 Å². The van der Waals surface area contributed by atoms with E-state index in [1.54, 1.807) is 6.07 Å². The van der Waals surface area contributed by atoms with Crippen molar-refractivity contribution in [1.29, 1.82) is 0 Å². The Hall–Kier alpha value is -1.75. The van der Waals surface area contributed by atoms with Gasteiger partial charge in [-0.2, -0.15) is 0 Å². The average molecular weight is 432 g/mol. The molecule has 2 N–H and O–H groups in total. The van der Waals surface area contributed by atoms with Crippen molar-refractivity contribution >= 4 is 34.8 Å². The van der Waals surface area contributed by atoms with Crippen LogP contribution in [0.3, 0.4) is 0 Å². The van der Waals surface area contributed by atoms with Crippen LogP contribution < -0.4 is 15.5 Å². The van der Waals surface area contributed by atoms with E-state index in [1.807, 2.05) is 18.2 Å². The van der Waals surface area contributed by atoms with Crippen molar-refractivity contribution in [3.05, 3.63) is 63.1 Å². The summed E-state index contributed by atoms with van der Waals surface area (Å²) in [6.45, 7) is 4.58. The zero-order valence-electron chi connectivity index (χ0n) is 16.5. The Morgan fingerprint density at radius 1 is 1.14 bits per heavy atom. The number of amides is 1. The smallest absolute Gasteiger partial charge is 0.251 e. The molecular formula is C23H27Cl2N3O. The van der Waals surface area contributed by atoms with Crippen LogP contribution in [-0.4, -0.2) is 32.1 Å². The number of anilines is 1. The second kappa shape index (κ2) is 9.38.